The number of carbonyl (C=O) groups excluding carboxylic acids is 2. The number of halogens is 2. The van der Waals surface area contributed by atoms with Crippen molar-refractivity contribution in [2.75, 3.05) is 11.9 Å². The van der Waals surface area contributed by atoms with E-state index in [1.807, 2.05) is 6.92 Å². The zero-order valence-electron chi connectivity index (χ0n) is 16.1. The summed E-state index contributed by atoms with van der Waals surface area (Å²) in [5, 5.41) is 5.84. The van der Waals surface area contributed by atoms with Crippen LogP contribution in [-0.2, 0) is 4.79 Å². The Labute approximate surface area is 173 Å². The van der Waals surface area contributed by atoms with E-state index in [0.29, 0.717) is 43.5 Å². The van der Waals surface area contributed by atoms with Crippen LogP contribution >= 0.6 is 11.6 Å². The lowest BCUT2D eigenvalue weighted by Crippen LogP contribution is -2.31. The van der Waals surface area contributed by atoms with Gasteiger partial charge in [0.15, 0.2) is 5.82 Å². The largest absolute Gasteiger partial charge is 0.472 e. The summed E-state index contributed by atoms with van der Waals surface area (Å²) in [7, 11) is 0. The summed E-state index contributed by atoms with van der Waals surface area (Å²) in [4.78, 5) is 28.2. The van der Waals surface area contributed by atoms with E-state index in [9.17, 15) is 14.0 Å². The van der Waals surface area contributed by atoms with Gasteiger partial charge in [-0.05, 0) is 62.9 Å². The van der Waals surface area contributed by atoms with Gasteiger partial charge in [-0.15, -0.1) is 0 Å². The molecule has 29 heavy (non-hydrogen) atoms. The van der Waals surface area contributed by atoms with Gasteiger partial charge in [0.1, 0.15) is 6.10 Å². The maximum Gasteiger partial charge on any atom is 0.251 e. The van der Waals surface area contributed by atoms with Crippen LogP contribution in [0.1, 0.15) is 43.0 Å². The smallest absolute Gasteiger partial charge is 0.251 e. The molecule has 8 heteroatoms. The molecule has 0 unspecified atom stereocenters. The van der Waals surface area contributed by atoms with Crippen LogP contribution in [0.2, 0.25) is 5.02 Å². The second-order valence-corrected chi connectivity index (χ2v) is 7.39. The van der Waals surface area contributed by atoms with Crippen LogP contribution in [0.25, 0.3) is 0 Å². The third-order valence-electron chi connectivity index (χ3n) is 4.85. The van der Waals surface area contributed by atoms with Gasteiger partial charge in [0, 0.05) is 29.9 Å². The highest BCUT2D eigenvalue weighted by molar-refractivity contribution is 6.30. The molecule has 0 atom stereocenters. The van der Waals surface area contributed by atoms with Gasteiger partial charge < -0.3 is 15.4 Å². The van der Waals surface area contributed by atoms with Crippen LogP contribution in [0.4, 0.5) is 10.1 Å². The molecule has 1 fully saturated rings. The predicted molar refractivity (Wildman–Crippen MR) is 109 cm³/mol. The number of benzene rings is 1. The maximum absolute atomic E-state index is 13.8. The molecule has 1 aliphatic rings. The number of aromatic nitrogens is 1. The fourth-order valence-corrected chi connectivity index (χ4v) is 3.45. The molecule has 1 aliphatic carbocycles. The Morgan fingerprint density at radius 2 is 1.90 bits per heavy atom. The van der Waals surface area contributed by atoms with Gasteiger partial charge in [0.2, 0.25) is 5.91 Å². The van der Waals surface area contributed by atoms with Crippen molar-refractivity contribution in [3.8, 4) is 5.88 Å². The summed E-state index contributed by atoms with van der Waals surface area (Å²) in [5.74, 6) is -0.996. The van der Waals surface area contributed by atoms with Crippen molar-refractivity contribution >= 4 is 29.1 Å². The van der Waals surface area contributed by atoms with Gasteiger partial charge in [0.05, 0.1) is 5.02 Å². The molecule has 0 radical (unpaired) electrons. The Balaban J connectivity index is 1.49. The lowest BCUT2D eigenvalue weighted by Gasteiger charge is -2.28. The van der Waals surface area contributed by atoms with E-state index in [1.165, 1.54) is 12.3 Å². The number of hydrogen-bond acceptors (Lipinski definition) is 4. The minimum atomic E-state index is -0.589. The molecule has 1 saturated carbocycles. The number of hydrogen-bond donors (Lipinski definition) is 2. The first-order valence-corrected chi connectivity index (χ1v) is 10.0. The van der Waals surface area contributed by atoms with E-state index in [4.69, 9.17) is 16.3 Å². The molecule has 154 valence electrons. The number of ether oxygens (including phenoxy) is 1. The summed E-state index contributed by atoms with van der Waals surface area (Å²) < 4.78 is 19.4. The molecule has 1 aromatic heterocycles. The average molecular weight is 420 g/mol. The van der Waals surface area contributed by atoms with Crippen LogP contribution < -0.4 is 15.4 Å². The third kappa shape index (κ3) is 5.67. The monoisotopic (exact) mass is 419 g/mol. The van der Waals surface area contributed by atoms with Gasteiger partial charge in [0.25, 0.3) is 11.8 Å². The number of carbonyl (C=O) groups is 2. The van der Waals surface area contributed by atoms with E-state index < -0.39 is 5.82 Å². The Bertz CT molecular complexity index is 868. The molecule has 0 saturated heterocycles. The summed E-state index contributed by atoms with van der Waals surface area (Å²) in [6.07, 6.45) is 3.72. The summed E-state index contributed by atoms with van der Waals surface area (Å²) in [5.41, 5.74) is 1.19. The van der Waals surface area contributed by atoms with Gasteiger partial charge in [-0.25, -0.2) is 9.37 Å². The maximum atomic E-state index is 13.8. The van der Waals surface area contributed by atoms with Crippen LogP contribution in [0.5, 0.6) is 5.88 Å². The molecule has 3 rings (SSSR count). The van der Waals surface area contributed by atoms with E-state index in [-0.39, 0.29) is 34.7 Å². The fourth-order valence-electron chi connectivity index (χ4n) is 3.30. The highest BCUT2D eigenvalue weighted by Crippen LogP contribution is 2.29. The van der Waals surface area contributed by atoms with Gasteiger partial charge in [-0.2, -0.15) is 0 Å². The second-order valence-electron chi connectivity index (χ2n) is 6.96. The van der Waals surface area contributed by atoms with E-state index in [2.05, 4.69) is 15.6 Å². The van der Waals surface area contributed by atoms with Crippen LogP contribution in [0.15, 0.2) is 36.5 Å². The SMILES string of the molecule is CCNC(=O)c1ccc(NC(=O)C2CCC(Oc3ncc(Cl)cc3F)CC2)cc1. The highest BCUT2D eigenvalue weighted by Gasteiger charge is 2.28. The molecule has 2 amide bonds. The number of nitrogens with one attached hydrogen (secondary N) is 2. The molecule has 0 spiro atoms. The number of amides is 2. The van der Waals surface area contributed by atoms with Crippen molar-refractivity contribution in [1.82, 2.24) is 10.3 Å². The zero-order chi connectivity index (χ0) is 20.8. The molecular weight excluding hydrogens is 397 g/mol. The average Bonchev–Trinajstić information content (AvgIpc) is 2.71. The predicted octanol–water partition coefficient (Wildman–Crippen LogP) is 4.20. The minimum Gasteiger partial charge on any atom is -0.472 e. The zero-order valence-corrected chi connectivity index (χ0v) is 16.8. The highest BCUT2D eigenvalue weighted by atomic mass is 35.5. The van der Waals surface area contributed by atoms with E-state index in [0.717, 1.165) is 0 Å². The van der Waals surface area contributed by atoms with Crippen LogP contribution in [0.3, 0.4) is 0 Å². The summed E-state index contributed by atoms with van der Waals surface area (Å²) >= 11 is 5.70. The molecular formula is C21H23ClFN3O3. The molecule has 0 aliphatic heterocycles. The lowest BCUT2D eigenvalue weighted by atomic mass is 9.86. The number of rotatable bonds is 6. The van der Waals surface area contributed by atoms with Crippen molar-refractivity contribution in [1.29, 1.82) is 0 Å². The van der Waals surface area contributed by atoms with Crippen molar-refractivity contribution in [3.05, 3.63) is 52.9 Å². The number of nitrogens with zero attached hydrogens (tertiary/aromatic N) is 1. The van der Waals surface area contributed by atoms with Crippen molar-refractivity contribution in [2.45, 2.75) is 38.7 Å². The molecule has 0 bridgehead atoms. The molecule has 1 heterocycles. The standard InChI is InChI=1S/C21H23ClFN3O3/c1-2-24-19(27)13-3-7-16(8-4-13)26-20(28)14-5-9-17(10-6-14)29-21-18(23)11-15(22)12-25-21/h3-4,7-8,11-12,14,17H,2,5-6,9-10H2,1H3,(H,24,27)(H,26,28). The van der Waals surface area contributed by atoms with Crippen molar-refractivity contribution in [3.63, 3.8) is 0 Å². The normalized spacial score (nSPS) is 18.7. The second kappa shape index (κ2) is 9.69. The Morgan fingerprint density at radius 3 is 2.52 bits per heavy atom. The van der Waals surface area contributed by atoms with Crippen LogP contribution in [-0.4, -0.2) is 29.4 Å². The molecule has 2 aromatic rings. The van der Waals surface area contributed by atoms with Gasteiger partial charge in [-0.1, -0.05) is 11.6 Å². The number of pyridine rings is 1. The Morgan fingerprint density at radius 1 is 1.21 bits per heavy atom. The Kier molecular flexibility index (Phi) is 7.04. The fraction of sp³-hybridized carbons (Fsp3) is 0.381. The lowest BCUT2D eigenvalue weighted by molar-refractivity contribution is -0.121. The van der Waals surface area contributed by atoms with Crippen LogP contribution in [0, 0.1) is 11.7 Å². The number of anilines is 1. The third-order valence-corrected chi connectivity index (χ3v) is 5.06. The van der Waals surface area contributed by atoms with Gasteiger partial charge >= 0.3 is 0 Å². The first-order chi connectivity index (χ1) is 14.0. The van der Waals surface area contributed by atoms with E-state index in [1.54, 1.807) is 24.3 Å². The first kappa shape index (κ1) is 21.0. The van der Waals surface area contributed by atoms with Crippen molar-refractivity contribution in [2.24, 2.45) is 5.92 Å². The first-order valence-electron chi connectivity index (χ1n) is 9.63. The van der Waals surface area contributed by atoms with Crippen molar-refractivity contribution < 1.29 is 18.7 Å². The summed E-state index contributed by atoms with van der Waals surface area (Å²) in [6.45, 7) is 2.42. The molecule has 1 aromatic carbocycles. The molecule has 6 nitrogen and oxygen atoms in total. The van der Waals surface area contributed by atoms with Gasteiger partial charge in [-0.3, -0.25) is 9.59 Å². The Hall–Kier alpha value is -2.67. The summed E-state index contributed by atoms with van der Waals surface area (Å²) in [6, 6.07) is 7.95. The quantitative estimate of drug-likeness (QED) is 0.735. The minimum absolute atomic E-state index is 0.0606. The molecule has 2 N–H and O–H groups in total. The topological polar surface area (TPSA) is 80.3 Å². The van der Waals surface area contributed by atoms with E-state index >= 15 is 0 Å².